The van der Waals surface area contributed by atoms with Gasteiger partial charge in [0.05, 0.1) is 45.7 Å². The van der Waals surface area contributed by atoms with Crippen LogP contribution >= 0.6 is 35.2 Å². The van der Waals surface area contributed by atoms with E-state index in [-0.39, 0.29) is 66.0 Å². The number of nitrogens with two attached hydrogens (primary N) is 1. The van der Waals surface area contributed by atoms with Gasteiger partial charge in [0, 0.05) is 37.1 Å². The van der Waals surface area contributed by atoms with Gasteiger partial charge in [-0.05, 0) is 39.2 Å². The lowest BCUT2D eigenvalue weighted by atomic mass is 9.87. The number of phosphoric ester groups is 3. The molecule has 8 N–H and O–H groups in total. The molecule has 2 unspecified atom stereocenters. The van der Waals surface area contributed by atoms with E-state index in [1.807, 2.05) is 13.0 Å². The lowest BCUT2D eigenvalue weighted by Crippen LogP contribution is -2.48. The topological polar surface area (TPSA) is 434 Å². The minimum absolute atomic E-state index is 0.0272. The molecule has 32 heteroatoms. The van der Waals surface area contributed by atoms with Crippen molar-refractivity contribution in [2.24, 2.45) is 5.41 Å². The van der Waals surface area contributed by atoms with Crippen molar-refractivity contribution < 1.29 is 100 Å². The first-order chi connectivity index (χ1) is 33.7. The Hall–Kier alpha value is -2.86. The number of phosphoric acid groups is 3. The van der Waals surface area contributed by atoms with Crippen molar-refractivity contribution in [1.29, 1.82) is 0 Å². The zero-order chi connectivity index (χ0) is 53.4. The van der Waals surface area contributed by atoms with E-state index in [9.17, 15) is 68.1 Å². The first-order valence-corrected chi connectivity index (χ1v) is 28.4. The fourth-order valence-electron chi connectivity index (χ4n) is 7.25. The minimum Gasteiger partial charge on any atom is -0.790 e. The number of aliphatic hydroxyl groups excluding tert-OH is 4. The van der Waals surface area contributed by atoms with Crippen LogP contribution in [-0.4, -0.2) is 144 Å². The number of amides is 2. The fourth-order valence-corrected chi connectivity index (χ4v) is 10.6. The maximum absolute atomic E-state index is 12.7. The second-order valence-corrected chi connectivity index (χ2v) is 22.9. The summed E-state index contributed by atoms with van der Waals surface area (Å²) in [6.45, 7) is 3.70. The summed E-state index contributed by atoms with van der Waals surface area (Å²) in [5.41, 5.74) is 4.05. The van der Waals surface area contributed by atoms with Gasteiger partial charge in [-0.2, -0.15) is 0 Å². The van der Waals surface area contributed by atoms with E-state index in [1.54, 1.807) is 6.92 Å². The minimum atomic E-state index is -5.94. The molecule has 72 heavy (non-hydrogen) atoms. The number of ether oxygens (including phenoxy) is 3. The number of allylic oxidation sites excluding steroid dienone is 1. The number of thioether (sulfide) groups is 1. The Kier molecular flexibility index (Phi) is 24.3. The number of carbonyl (C=O) groups excluding carboxylic acids is 3. The van der Waals surface area contributed by atoms with Crippen LogP contribution in [0.3, 0.4) is 0 Å². The smallest absolute Gasteiger partial charge is 0.274 e. The molecule has 4 heterocycles. The number of nitrogen functional groups attached to an aromatic ring is 1. The number of hydrogen-bond acceptors (Lipinski definition) is 26. The van der Waals surface area contributed by atoms with E-state index in [2.05, 4.69) is 43.5 Å². The number of anilines is 1. The van der Waals surface area contributed by atoms with Crippen LogP contribution in [0.2, 0.25) is 0 Å². The Balaban J connectivity index is 1.06. The van der Waals surface area contributed by atoms with Crippen molar-refractivity contribution in [3.63, 3.8) is 0 Å². The Morgan fingerprint density at radius 1 is 0.972 bits per heavy atom. The average molecular weight is 1100 g/mol. The number of aliphatic hydroxyl groups is 4. The SMILES string of the molecule is C[C@H](CCCCCCCC/C=C/C(=O)SCCNC(=O)CCNC(=O)[C@H](O)C(C)(C)COP(=O)([O-])OP(=O)([O-])OC[C@H]1O[C@@H](n2cnc3c(N)ncnc32)[C@H](O)[C@@H]1OP(=O)([O-])[O-])O[C@@H]1O[C@@H](C)[C@H](O)C[C@H]1O. The summed E-state index contributed by atoms with van der Waals surface area (Å²) < 4.78 is 72.2. The van der Waals surface area contributed by atoms with E-state index in [0.717, 1.165) is 80.4 Å². The molecule has 2 fully saturated rings. The molecule has 28 nitrogen and oxygen atoms in total. The Bertz CT molecular complexity index is 2260. The average Bonchev–Trinajstić information content (AvgIpc) is 3.85. The molecule has 0 saturated carbocycles. The van der Waals surface area contributed by atoms with Crippen molar-refractivity contribution >= 4 is 69.1 Å². The number of rotatable bonds is 31. The molecule has 0 bridgehead atoms. The highest BCUT2D eigenvalue weighted by molar-refractivity contribution is 8.14. The number of hydrogen-bond donors (Lipinski definition) is 7. The Labute approximate surface area is 419 Å². The third-order valence-corrected chi connectivity index (χ3v) is 15.1. The highest BCUT2D eigenvalue weighted by Crippen LogP contribution is 2.56. The molecule has 0 aromatic carbocycles. The van der Waals surface area contributed by atoms with Crippen LogP contribution in [0.15, 0.2) is 24.8 Å². The van der Waals surface area contributed by atoms with Gasteiger partial charge in [-0.3, -0.25) is 28.1 Å². The van der Waals surface area contributed by atoms with Gasteiger partial charge in [0.25, 0.3) is 15.6 Å². The zero-order valence-corrected chi connectivity index (χ0v) is 43.5. The number of nitrogens with zero attached hydrogens (tertiary/aromatic N) is 4. The summed E-state index contributed by atoms with van der Waals surface area (Å²) in [4.78, 5) is 96.9. The van der Waals surface area contributed by atoms with Crippen LogP contribution in [0, 0.1) is 5.41 Å². The van der Waals surface area contributed by atoms with E-state index in [0.29, 0.717) is 0 Å². The summed E-state index contributed by atoms with van der Waals surface area (Å²) in [5, 5.41) is 46.1. The summed E-state index contributed by atoms with van der Waals surface area (Å²) in [5.74, 6) is -1.30. The lowest BCUT2D eigenvalue weighted by Gasteiger charge is -2.36. The van der Waals surface area contributed by atoms with Crippen LogP contribution in [0.4, 0.5) is 5.82 Å². The monoisotopic (exact) mass is 1100 g/mol. The number of unbranched alkanes of at least 4 members (excludes halogenated alkanes) is 6. The van der Waals surface area contributed by atoms with Crippen molar-refractivity contribution in [2.45, 2.75) is 153 Å². The van der Waals surface area contributed by atoms with Gasteiger partial charge in [0.2, 0.25) is 16.9 Å². The Morgan fingerprint density at radius 3 is 2.36 bits per heavy atom. The predicted octanol–water partition coefficient (Wildman–Crippen LogP) is -0.924. The van der Waals surface area contributed by atoms with Gasteiger partial charge in [0.1, 0.15) is 42.4 Å². The normalized spacial score (nSPS) is 25.5. The van der Waals surface area contributed by atoms with Crippen molar-refractivity contribution in [1.82, 2.24) is 30.2 Å². The zero-order valence-electron chi connectivity index (χ0n) is 40.0. The van der Waals surface area contributed by atoms with E-state index in [1.165, 1.54) is 19.9 Å². The molecule has 2 aromatic rings. The maximum Gasteiger partial charge on any atom is 0.274 e. The van der Waals surface area contributed by atoms with Crippen LogP contribution in [0.25, 0.3) is 11.2 Å². The highest BCUT2D eigenvalue weighted by Gasteiger charge is 2.47. The molecule has 2 aromatic heterocycles. The van der Waals surface area contributed by atoms with Gasteiger partial charge < -0.3 is 88.7 Å². The third-order valence-electron chi connectivity index (χ3n) is 11.3. The number of imidazole rings is 1. The number of aromatic nitrogens is 4. The fraction of sp³-hybridized carbons (Fsp3) is 0.750. The molecule has 0 radical (unpaired) electrons. The molecule has 2 saturated heterocycles. The summed E-state index contributed by atoms with van der Waals surface area (Å²) in [7, 11) is -17.7. The van der Waals surface area contributed by atoms with Crippen LogP contribution < -0.4 is 35.9 Å². The molecule has 410 valence electrons. The summed E-state index contributed by atoms with van der Waals surface area (Å²) >= 11 is 1.02. The standard InChI is InChI=1S/C40H68N7O21P3S/c1-24(64-39-27(49)19-26(48)25(2)65-39)13-11-9-7-5-6-8-10-12-14-30(51)72-18-17-42-29(50)15-16-43-37(54)34(53)40(3,4)21-63-71(60,61)68-70(58,59)62-20-28-33(67-69(55,56)57)32(52)38(66-28)47-23-46-31-35(41)44-22-45-36(31)47/h12,14,22-28,32-34,38-39,48-49,52-53H,5-11,13,15-21H2,1-4H3,(H,42,50)(H,43,54)(H,58,59)(H,60,61)(H2,41,44,45)(H2,55,56,57)/p-4/b14-12+/t24-,25+,26-,27-,28-,32-,33-,34+,38-,39-/m1/s1. The predicted molar refractivity (Wildman–Crippen MR) is 246 cm³/mol. The molecule has 12 atom stereocenters. The molecule has 2 aliphatic rings. The second-order valence-electron chi connectivity index (χ2n) is 17.8. The maximum atomic E-state index is 12.7. The number of fused-ring (bicyclic) bond motifs is 1. The van der Waals surface area contributed by atoms with E-state index < -0.39 is 103 Å². The van der Waals surface area contributed by atoms with Gasteiger partial charge in [-0.15, -0.1) is 0 Å². The van der Waals surface area contributed by atoms with E-state index in [4.69, 9.17) is 19.9 Å². The van der Waals surface area contributed by atoms with Gasteiger partial charge >= 0.3 is 0 Å². The van der Waals surface area contributed by atoms with Crippen LogP contribution in [0.5, 0.6) is 0 Å². The second kappa shape index (κ2) is 28.3. The quantitative estimate of drug-likeness (QED) is 0.0273. The van der Waals surface area contributed by atoms with Gasteiger partial charge in [-0.25, -0.2) is 19.3 Å². The molecule has 0 aliphatic carbocycles. The Morgan fingerprint density at radius 2 is 1.65 bits per heavy atom. The van der Waals surface area contributed by atoms with Crippen LogP contribution in [-0.2, 0) is 60.2 Å². The largest absolute Gasteiger partial charge is 0.790 e. The third kappa shape index (κ3) is 20.3. The van der Waals surface area contributed by atoms with Crippen molar-refractivity contribution in [3.05, 3.63) is 24.8 Å². The molecular formula is C40H64N7O21P3S-4. The van der Waals surface area contributed by atoms with Crippen LogP contribution in [0.1, 0.15) is 98.1 Å². The first-order valence-electron chi connectivity index (χ1n) is 23.0. The van der Waals surface area contributed by atoms with Crippen molar-refractivity contribution in [2.75, 3.05) is 37.8 Å². The number of nitrogens with one attached hydrogen (secondary N) is 2. The number of carbonyl (C=O) groups is 3. The molecule has 0 spiro atoms. The summed E-state index contributed by atoms with van der Waals surface area (Å²) in [6, 6.07) is 0. The lowest BCUT2D eigenvalue weighted by molar-refractivity contribution is -0.347. The van der Waals surface area contributed by atoms with Crippen molar-refractivity contribution in [3.8, 4) is 0 Å². The van der Waals surface area contributed by atoms with E-state index >= 15 is 0 Å². The first kappa shape index (κ1) is 61.7. The molecule has 2 aliphatic heterocycles. The highest BCUT2D eigenvalue weighted by atomic mass is 32.2. The summed E-state index contributed by atoms with van der Waals surface area (Å²) in [6.07, 6.45) is 0.796. The molecule has 2 amide bonds. The van der Waals surface area contributed by atoms with Gasteiger partial charge in [0.15, 0.2) is 24.0 Å². The van der Waals surface area contributed by atoms with Gasteiger partial charge in [-0.1, -0.05) is 63.8 Å². The molecular weight excluding hydrogens is 1040 g/mol. The molecule has 4 rings (SSSR count).